The summed E-state index contributed by atoms with van der Waals surface area (Å²) < 4.78 is 29.3. The van der Waals surface area contributed by atoms with Crippen molar-refractivity contribution in [1.82, 2.24) is 0 Å². The predicted molar refractivity (Wildman–Crippen MR) is 122 cm³/mol. The monoisotopic (exact) mass is 448 g/mol. The number of anilines is 2. The summed E-state index contributed by atoms with van der Waals surface area (Å²) in [5.74, 6) is 0.0299. The molecule has 1 heterocycles. The number of halogens is 1. The molecule has 4 rings (SSSR count). The van der Waals surface area contributed by atoms with Crippen LogP contribution in [0.15, 0.2) is 72.4 Å². The van der Waals surface area contributed by atoms with Crippen molar-refractivity contribution in [1.29, 1.82) is 0 Å². The highest BCUT2D eigenvalue weighted by Gasteiger charge is 2.40. The number of nitrogens with one attached hydrogen (secondary N) is 1. The number of hydrogen-bond acceptors (Lipinski definition) is 6. The lowest BCUT2D eigenvalue weighted by atomic mass is 10.0. The lowest BCUT2D eigenvalue weighted by Gasteiger charge is -2.16. The SMILES string of the molecule is COc1ccc(C2=C(Nc3ccc(OC)cc3OC)C(=O)N(c3ccc(F)cc3)C2=O)cc1. The van der Waals surface area contributed by atoms with Crippen LogP contribution in [0.3, 0.4) is 0 Å². The van der Waals surface area contributed by atoms with Gasteiger partial charge in [-0.1, -0.05) is 12.1 Å². The second-order valence-corrected chi connectivity index (χ2v) is 7.09. The van der Waals surface area contributed by atoms with Gasteiger partial charge in [-0.05, 0) is 54.1 Å². The minimum absolute atomic E-state index is 0.0676. The summed E-state index contributed by atoms with van der Waals surface area (Å²) in [5, 5.41) is 3.06. The van der Waals surface area contributed by atoms with Crippen LogP contribution in [0.2, 0.25) is 0 Å². The molecule has 33 heavy (non-hydrogen) atoms. The second kappa shape index (κ2) is 9.04. The predicted octanol–water partition coefficient (Wildman–Crippen LogP) is 4.25. The Labute approximate surface area is 190 Å². The van der Waals surface area contributed by atoms with E-state index in [1.165, 1.54) is 45.6 Å². The number of nitrogens with zero attached hydrogens (tertiary/aromatic N) is 1. The first-order valence-corrected chi connectivity index (χ1v) is 9.99. The number of imide groups is 1. The van der Waals surface area contributed by atoms with E-state index in [1.54, 1.807) is 42.5 Å². The molecule has 0 aliphatic carbocycles. The third kappa shape index (κ3) is 4.10. The van der Waals surface area contributed by atoms with Crippen LogP contribution in [-0.2, 0) is 9.59 Å². The molecule has 168 valence electrons. The van der Waals surface area contributed by atoms with Gasteiger partial charge in [0.15, 0.2) is 0 Å². The molecule has 0 aromatic heterocycles. The largest absolute Gasteiger partial charge is 0.497 e. The van der Waals surface area contributed by atoms with E-state index in [2.05, 4.69) is 5.32 Å². The van der Waals surface area contributed by atoms with E-state index in [9.17, 15) is 14.0 Å². The van der Waals surface area contributed by atoms with Crippen molar-refractivity contribution in [2.24, 2.45) is 0 Å². The van der Waals surface area contributed by atoms with Crippen LogP contribution in [0.4, 0.5) is 15.8 Å². The Bertz CT molecular complexity index is 1240. The van der Waals surface area contributed by atoms with Gasteiger partial charge in [0, 0.05) is 6.07 Å². The molecule has 0 radical (unpaired) electrons. The molecule has 1 aliphatic heterocycles. The highest BCUT2D eigenvalue weighted by Crippen LogP contribution is 2.37. The molecule has 1 N–H and O–H groups in total. The van der Waals surface area contributed by atoms with Gasteiger partial charge < -0.3 is 19.5 Å². The van der Waals surface area contributed by atoms with Crippen LogP contribution in [0.5, 0.6) is 17.2 Å². The molecule has 3 aromatic carbocycles. The van der Waals surface area contributed by atoms with Gasteiger partial charge in [-0.15, -0.1) is 0 Å². The van der Waals surface area contributed by atoms with Gasteiger partial charge >= 0.3 is 0 Å². The minimum Gasteiger partial charge on any atom is -0.497 e. The zero-order valence-electron chi connectivity index (χ0n) is 18.2. The van der Waals surface area contributed by atoms with E-state index >= 15 is 0 Å². The third-order valence-electron chi connectivity index (χ3n) is 5.22. The van der Waals surface area contributed by atoms with Crippen LogP contribution in [0, 0.1) is 5.82 Å². The van der Waals surface area contributed by atoms with Crippen LogP contribution in [0.25, 0.3) is 5.57 Å². The number of methoxy groups -OCH3 is 3. The Morgan fingerprint density at radius 1 is 0.758 bits per heavy atom. The van der Waals surface area contributed by atoms with Crippen LogP contribution >= 0.6 is 0 Å². The van der Waals surface area contributed by atoms with Gasteiger partial charge in [0.05, 0.1) is 38.3 Å². The van der Waals surface area contributed by atoms with Crippen molar-refractivity contribution in [3.05, 3.63) is 83.8 Å². The summed E-state index contributed by atoms with van der Waals surface area (Å²) >= 11 is 0. The van der Waals surface area contributed by atoms with E-state index < -0.39 is 17.6 Å². The summed E-state index contributed by atoms with van der Waals surface area (Å²) in [6, 6.07) is 17.0. The molecule has 0 unspecified atom stereocenters. The Balaban J connectivity index is 1.82. The Morgan fingerprint density at radius 3 is 2.00 bits per heavy atom. The lowest BCUT2D eigenvalue weighted by molar-refractivity contribution is -0.120. The van der Waals surface area contributed by atoms with Gasteiger partial charge in [-0.2, -0.15) is 0 Å². The topological polar surface area (TPSA) is 77.1 Å². The average molecular weight is 448 g/mol. The molecule has 0 spiro atoms. The number of carbonyl (C=O) groups is 2. The van der Waals surface area contributed by atoms with Gasteiger partial charge in [0.1, 0.15) is 28.8 Å². The summed E-state index contributed by atoms with van der Waals surface area (Å²) in [6.07, 6.45) is 0. The van der Waals surface area contributed by atoms with Crippen LogP contribution in [-0.4, -0.2) is 33.1 Å². The molecule has 0 saturated heterocycles. The molecule has 3 aromatic rings. The molecular formula is C25H21FN2O5. The van der Waals surface area contributed by atoms with Crippen LogP contribution < -0.4 is 24.4 Å². The maximum absolute atomic E-state index is 13.4. The average Bonchev–Trinajstić information content (AvgIpc) is 3.09. The maximum atomic E-state index is 13.4. The van der Waals surface area contributed by atoms with Gasteiger partial charge in [0.25, 0.3) is 11.8 Å². The standard InChI is InChI=1S/C25H21FN2O5/c1-31-18-10-4-15(5-11-18)22-23(27-20-13-12-19(32-2)14-21(20)33-3)25(30)28(24(22)29)17-8-6-16(26)7-9-17/h4-14,27H,1-3H3. The zero-order valence-corrected chi connectivity index (χ0v) is 18.2. The third-order valence-corrected chi connectivity index (χ3v) is 5.22. The van der Waals surface area contributed by atoms with Crippen molar-refractivity contribution in [2.45, 2.75) is 0 Å². The summed E-state index contributed by atoms with van der Waals surface area (Å²) in [7, 11) is 4.56. The van der Waals surface area contributed by atoms with Crippen molar-refractivity contribution in [3.8, 4) is 17.2 Å². The fourth-order valence-electron chi connectivity index (χ4n) is 3.53. The fourth-order valence-corrected chi connectivity index (χ4v) is 3.53. The van der Waals surface area contributed by atoms with E-state index in [-0.39, 0.29) is 17.0 Å². The normalized spacial score (nSPS) is 13.4. The van der Waals surface area contributed by atoms with E-state index in [1.807, 2.05) is 0 Å². The van der Waals surface area contributed by atoms with Crippen molar-refractivity contribution >= 4 is 28.8 Å². The molecule has 8 heteroatoms. The zero-order chi connectivity index (χ0) is 23.5. The van der Waals surface area contributed by atoms with E-state index in [0.29, 0.717) is 28.5 Å². The molecular weight excluding hydrogens is 427 g/mol. The number of benzene rings is 3. The van der Waals surface area contributed by atoms with Crippen LogP contribution in [0.1, 0.15) is 5.56 Å². The molecule has 0 saturated carbocycles. The number of hydrogen-bond donors (Lipinski definition) is 1. The molecule has 0 bridgehead atoms. The quantitative estimate of drug-likeness (QED) is 0.545. The number of amides is 2. The van der Waals surface area contributed by atoms with Gasteiger partial charge in [0.2, 0.25) is 0 Å². The Hall–Kier alpha value is -4.33. The van der Waals surface area contributed by atoms with Crippen molar-refractivity contribution < 1.29 is 28.2 Å². The van der Waals surface area contributed by atoms with Gasteiger partial charge in [-0.25, -0.2) is 9.29 Å². The first kappa shape index (κ1) is 21.9. The number of ether oxygens (including phenoxy) is 3. The van der Waals surface area contributed by atoms with Gasteiger partial charge in [-0.3, -0.25) is 9.59 Å². The maximum Gasteiger partial charge on any atom is 0.282 e. The van der Waals surface area contributed by atoms with Crippen molar-refractivity contribution in [2.75, 3.05) is 31.5 Å². The van der Waals surface area contributed by atoms with Crippen molar-refractivity contribution in [3.63, 3.8) is 0 Å². The second-order valence-electron chi connectivity index (χ2n) is 7.09. The van der Waals surface area contributed by atoms with E-state index in [0.717, 1.165) is 4.90 Å². The molecule has 0 fully saturated rings. The lowest BCUT2D eigenvalue weighted by Crippen LogP contribution is -2.32. The summed E-state index contributed by atoms with van der Waals surface area (Å²) in [6.45, 7) is 0. The number of rotatable bonds is 7. The first-order valence-electron chi connectivity index (χ1n) is 9.99. The summed E-state index contributed by atoms with van der Waals surface area (Å²) in [5.41, 5.74) is 1.49. The highest BCUT2D eigenvalue weighted by molar-refractivity contribution is 6.46. The molecule has 7 nitrogen and oxygen atoms in total. The first-order chi connectivity index (χ1) is 16.0. The Kier molecular flexibility index (Phi) is 5.99. The number of carbonyl (C=O) groups excluding carboxylic acids is 2. The Morgan fingerprint density at radius 2 is 1.39 bits per heavy atom. The molecule has 1 aliphatic rings. The molecule has 0 atom stereocenters. The molecule has 2 amide bonds. The summed E-state index contributed by atoms with van der Waals surface area (Å²) in [4.78, 5) is 27.9. The highest BCUT2D eigenvalue weighted by atomic mass is 19.1. The fraction of sp³-hybridized carbons (Fsp3) is 0.120. The minimum atomic E-state index is -0.574. The van der Waals surface area contributed by atoms with E-state index in [4.69, 9.17) is 14.2 Å². The smallest absolute Gasteiger partial charge is 0.282 e.